The molecule has 0 radical (unpaired) electrons. The van der Waals surface area contributed by atoms with Crippen LogP contribution >= 0.6 is 0 Å². The third-order valence-electron chi connectivity index (χ3n) is 4.47. The summed E-state index contributed by atoms with van der Waals surface area (Å²) in [6, 6.07) is 0.495. The summed E-state index contributed by atoms with van der Waals surface area (Å²) in [5, 5.41) is 0. The van der Waals surface area contributed by atoms with Crippen molar-refractivity contribution in [3.05, 3.63) is 0 Å². The summed E-state index contributed by atoms with van der Waals surface area (Å²) in [6.07, 6.45) is 14.1. The topological polar surface area (TPSA) is 26.0 Å². The van der Waals surface area contributed by atoms with Crippen LogP contribution in [0.4, 0.5) is 0 Å². The lowest BCUT2D eigenvalue weighted by Gasteiger charge is -2.17. The molecule has 0 aliphatic heterocycles. The highest BCUT2D eigenvalue weighted by Crippen LogP contribution is 2.34. The second-order valence-corrected chi connectivity index (χ2v) is 5.77. The molecule has 0 aromatic carbocycles. The molecule has 1 fully saturated rings. The second kappa shape index (κ2) is 8.11. The lowest BCUT2D eigenvalue weighted by Crippen LogP contribution is -2.25. The lowest BCUT2D eigenvalue weighted by molar-refractivity contribution is 0.355. The van der Waals surface area contributed by atoms with E-state index < -0.39 is 0 Å². The summed E-state index contributed by atoms with van der Waals surface area (Å²) in [7, 11) is 0. The zero-order valence-corrected chi connectivity index (χ0v) is 11.4. The molecule has 0 bridgehead atoms. The predicted molar refractivity (Wildman–Crippen MR) is 72.5 cm³/mol. The zero-order valence-electron chi connectivity index (χ0n) is 11.4. The van der Waals surface area contributed by atoms with E-state index in [0.29, 0.717) is 6.04 Å². The van der Waals surface area contributed by atoms with E-state index in [1.807, 2.05) is 0 Å². The first-order chi connectivity index (χ1) is 7.75. The molecule has 0 heterocycles. The Balaban J connectivity index is 1.91. The quantitative estimate of drug-likeness (QED) is 0.605. The molecule has 3 atom stereocenters. The smallest absolute Gasteiger partial charge is 0.00672 e. The van der Waals surface area contributed by atoms with E-state index in [4.69, 9.17) is 5.73 Å². The summed E-state index contributed by atoms with van der Waals surface area (Å²) in [5.41, 5.74) is 6.05. The average molecular weight is 225 g/mol. The minimum Gasteiger partial charge on any atom is -0.327 e. The van der Waals surface area contributed by atoms with Crippen molar-refractivity contribution in [2.45, 2.75) is 84.1 Å². The van der Waals surface area contributed by atoms with Crippen molar-refractivity contribution >= 4 is 0 Å². The summed E-state index contributed by atoms with van der Waals surface area (Å²) in [6.45, 7) is 4.63. The standard InChI is InChI=1S/C15H31N/c1-3-4-5-6-7-8-9-10-14-11-12-15(16)13(14)2/h13-15H,3-12,16H2,1-2H3. The Labute approximate surface area is 102 Å². The molecule has 1 saturated carbocycles. The second-order valence-electron chi connectivity index (χ2n) is 5.77. The van der Waals surface area contributed by atoms with Crippen LogP contribution in [0, 0.1) is 11.8 Å². The highest BCUT2D eigenvalue weighted by molar-refractivity contribution is 4.84. The van der Waals surface area contributed by atoms with Crippen LogP contribution in [0.3, 0.4) is 0 Å². The van der Waals surface area contributed by atoms with E-state index >= 15 is 0 Å². The highest BCUT2D eigenvalue weighted by atomic mass is 14.7. The zero-order chi connectivity index (χ0) is 11.8. The molecule has 1 aliphatic rings. The third-order valence-corrected chi connectivity index (χ3v) is 4.47. The maximum atomic E-state index is 6.05. The molecule has 96 valence electrons. The maximum Gasteiger partial charge on any atom is 0.00672 e. The van der Waals surface area contributed by atoms with E-state index in [-0.39, 0.29) is 0 Å². The van der Waals surface area contributed by atoms with E-state index in [9.17, 15) is 0 Å². The first kappa shape index (κ1) is 14.0. The average Bonchev–Trinajstić information content (AvgIpc) is 2.59. The Bertz CT molecular complexity index is 167. The summed E-state index contributed by atoms with van der Waals surface area (Å²) < 4.78 is 0. The number of unbranched alkanes of at least 4 members (excludes halogenated alkanes) is 6. The number of rotatable bonds is 8. The first-order valence-electron chi connectivity index (χ1n) is 7.51. The van der Waals surface area contributed by atoms with Gasteiger partial charge in [0, 0.05) is 6.04 Å². The Morgan fingerprint density at radius 3 is 2.12 bits per heavy atom. The van der Waals surface area contributed by atoms with Crippen molar-refractivity contribution in [1.82, 2.24) is 0 Å². The number of hydrogen-bond acceptors (Lipinski definition) is 1. The largest absolute Gasteiger partial charge is 0.327 e. The van der Waals surface area contributed by atoms with Gasteiger partial charge in [0.15, 0.2) is 0 Å². The molecule has 1 aliphatic carbocycles. The fourth-order valence-corrected chi connectivity index (χ4v) is 3.05. The van der Waals surface area contributed by atoms with Gasteiger partial charge in [-0.3, -0.25) is 0 Å². The predicted octanol–water partition coefficient (Wildman–Crippen LogP) is 4.50. The van der Waals surface area contributed by atoms with E-state index in [2.05, 4.69) is 13.8 Å². The lowest BCUT2D eigenvalue weighted by atomic mass is 9.90. The van der Waals surface area contributed by atoms with Gasteiger partial charge in [-0.05, 0) is 24.7 Å². The van der Waals surface area contributed by atoms with Gasteiger partial charge >= 0.3 is 0 Å². The molecule has 3 unspecified atom stereocenters. The molecule has 0 spiro atoms. The fourth-order valence-electron chi connectivity index (χ4n) is 3.05. The van der Waals surface area contributed by atoms with Crippen molar-refractivity contribution < 1.29 is 0 Å². The van der Waals surface area contributed by atoms with Gasteiger partial charge in [0.25, 0.3) is 0 Å². The van der Waals surface area contributed by atoms with Gasteiger partial charge in [0.1, 0.15) is 0 Å². The normalized spacial score (nSPS) is 29.8. The summed E-state index contributed by atoms with van der Waals surface area (Å²) in [4.78, 5) is 0. The van der Waals surface area contributed by atoms with Crippen molar-refractivity contribution in [2.24, 2.45) is 17.6 Å². The molecule has 0 aromatic heterocycles. The van der Waals surface area contributed by atoms with Crippen LogP contribution in [0.1, 0.15) is 78.1 Å². The van der Waals surface area contributed by atoms with Crippen molar-refractivity contribution in [1.29, 1.82) is 0 Å². The minimum atomic E-state index is 0.495. The first-order valence-corrected chi connectivity index (χ1v) is 7.51. The van der Waals surface area contributed by atoms with Crippen LogP contribution < -0.4 is 5.73 Å². The Hall–Kier alpha value is -0.0400. The van der Waals surface area contributed by atoms with Crippen LogP contribution in [0.15, 0.2) is 0 Å². The molecule has 1 heteroatoms. The van der Waals surface area contributed by atoms with Gasteiger partial charge < -0.3 is 5.73 Å². The third kappa shape index (κ3) is 4.86. The molecule has 0 aromatic rings. The molecular weight excluding hydrogens is 194 g/mol. The molecule has 0 amide bonds. The van der Waals surface area contributed by atoms with Gasteiger partial charge in [-0.2, -0.15) is 0 Å². The van der Waals surface area contributed by atoms with Crippen molar-refractivity contribution in [2.75, 3.05) is 0 Å². The van der Waals surface area contributed by atoms with E-state index in [0.717, 1.165) is 11.8 Å². The number of hydrogen-bond donors (Lipinski definition) is 1. The molecule has 0 saturated heterocycles. The summed E-state index contributed by atoms with van der Waals surface area (Å²) >= 11 is 0. The highest BCUT2D eigenvalue weighted by Gasteiger charge is 2.29. The van der Waals surface area contributed by atoms with Gasteiger partial charge in [-0.1, -0.05) is 65.2 Å². The Morgan fingerprint density at radius 2 is 1.56 bits per heavy atom. The summed E-state index contributed by atoms with van der Waals surface area (Å²) in [5.74, 6) is 1.71. The number of nitrogens with two attached hydrogens (primary N) is 1. The van der Waals surface area contributed by atoms with Crippen LogP contribution in [-0.4, -0.2) is 6.04 Å². The van der Waals surface area contributed by atoms with Gasteiger partial charge in [-0.15, -0.1) is 0 Å². The van der Waals surface area contributed by atoms with Crippen molar-refractivity contribution in [3.63, 3.8) is 0 Å². The van der Waals surface area contributed by atoms with Crippen LogP contribution in [0.5, 0.6) is 0 Å². The fraction of sp³-hybridized carbons (Fsp3) is 1.00. The van der Waals surface area contributed by atoms with Crippen molar-refractivity contribution in [3.8, 4) is 0 Å². The molecule has 2 N–H and O–H groups in total. The van der Waals surface area contributed by atoms with Crippen LogP contribution in [-0.2, 0) is 0 Å². The van der Waals surface area contributed by atoms with Gasteiger partial charge in [0.2, 0.25) is 0 Å². The SMILES string of the molecule is CCCCCCCCCC1CCC(N)C1C. The van der Waals surface area contributed by atoms with Gasteiger partial charge in [0.05, 0.1) is 0 Å². The van der Waals surface area contributed by atoms with E-state index in [1.54, 1.807) is 0 Å². The molecule has 16 heavy (non-hydrogen) atoms. The Morgan fingerprint density at radius 1 is 0.938 bits per heavy atom. The maximum absolute atomic E-state index is 6.05. The molecule has 1 nitrogen and oxygen atoms in total. The Kier molecular flexibility index (Phi) is 7.11. The van der Waals surface area contributed by atoms with E-state index in [1.165, 1.54) is 64.2 Å². The monoisotopic (exact) mass is 225 g/mol. The van der Waals surface area contributed by atoms with Gasteiger partial charge in [-0.25, -0.2) is 0 Å². The molecular formula is C15H31N. The minimum absolute atomic E-state index is 0.495. The molecule has 1 rings (SSSR count). The van der Waals surface area contributed by atoms with Crippen LogP contribution in [0.25, 0.3) is 0 Å². The van der Waals surface area contributed by atoms with Crippen LogP contribution in [0.2, 0.25) is 0 Å².